The Morgan fingerprint density at radius 1 is 1.26 bits per heavy atom. The summed E-state index contributed by atoms with van der Waals surface area (Å²) in [7, 11) is 0. The van der Waals surface area contributed by atoms with E-state index in [9.17, 15) is 4.79 Å². The van der Waals surface area contributed by atoms with Gasteiger partial charge in [-0.3, -0.25) is 9.69 Å². The van der Waals surface area contributed by atoms with Gasteiger partial charge in [0.15, 0.2) is 0 Å². The molecule has 0 radical (unpaired) electrons. The highest BCUT2D eigenvalue weighted by Gasteiger charge is 2.32. The van der Waals surface area contributed by atoms with Gasteiger partial charge in [-0.1, -0.05) is 24.3 Å². The second kappa shape index (κ2) is 8.67. The van der Waals surface area contributed by atoms with E-state index in [-0.39, 0.29) is 24.2 Å². The molecule has 1 amide bonds. The van der Waals surface area contributed by atoms with Gasteiger partial charge in [0.25, 0.3) is 0 Å². The smallest absolute Gasteiger partial charge is 0.224 e. The maximum Gasteiger partial charge on any atom is 0.224 e. The highest BCUT2D eigenvalue weighted by Crippen LogP contribution is 2.36. The summed E-state index contributed by atoms with van der Waals surface area (Å²) < 4.78 is 0. The fraction of sp³-hybridized carbons (Fsp3) is 0.611. The van der Waals surface area contributed by atoms with E-state index < -0.39 is 0 Å². The lowest BCUT2D eigenvalue weighted by Crippen LogP contribution is -2.45. The molecule has 0 aromatic heterocycles. The zero-order valence-corrected chi connectivity index (χ0v) is 14.5. The van der Waals surface area contributed by atoms with Crippen LogP contribution in [0.2, 0.25) is 0 Å². The standard InChI is InChI=1S/C18H27N3O.ClH/c19-10-11-20-18(22)15-7-4-12-21(13-15)17-9-3-6-14-5-1-2-8-16(14)17;/h1-2,5,8,15,17H,3-4,6-7,9-13,19H2,(H,20,22);1H. The predicted octanol–water partition coefficient (Wildman–Crippen LogP) is 2.27. The van der Waals surface area contributed by atoms with E-state index in [1.807, 2.05) is 0 Å². The van der Waals surface area contributed by atoms with Crippen molar-refractivity contribution in [3.05, 3.63) is 35.4 Å². The molecule has 1 saturated heterocycles. The number of benzene rings is 1. The van der Waals surface area contributed by atoms with E-state index in [0.29, 0.717) is 19.1 Å². The molecule has 3 N–H and O–H groups in total. The molecule has 128 valence electrons. The SMILES string of the molecule is Cl.NCCNC(=O)C1CCCN(C2CCCc3ccccc32)C1. The normalized spacial score (nSPS) is 24.4. The fourth-order valence-electron chi connectivity index (χ4n) is 3.95. The zero-order chi connectivity index (χ0) is 15.4. The van der Waals surface area contributed by atoms with Gasteiger partial charge in [-0.25, -0.2) is 0 Å². The number of aryl methyl sites for hydroxylation is 1. The first-order valence-corrected chi connectivity index (χ1v) is 8.59. The molecule has 4 nitrogen and oxygen atoms in total. The van der Waals surface area contributed by atoms with Crippen molar-refractivity contribution in [1.82, 2.24) is 10.2 Å². The monoisotopic (exact) mass is 337 g/mol. The van der Waals surface area contributed by atoms with Gasteiger partial charge < -0.3 is 11.1 Å². The van der Waals surface area contributed by atoms with Crippen LogP contribution in [-0.4, -0.2) is 37.0 Å². The zero-order valence-electron chi connectivity index (χ0n) is 13.7. The third-order valence-electron chi connectivity index (χ3n) is 5.05. The number of nitrogens with zero attached hydrogens (tertiary/aromatic N) is 1. The Labute approximate surface area is 145 Å². The minimum absolute atomic E-state index is 0. The third kappa shape index (κ3) is 4.25. The second-order valence-corrected chi connectivity index (χ2v) is 6.52. The van der Waals surface area contributed by atoms with Crippen LogP contribution in [0.4, 0.5) is 0 Å². The summed E-state index contributed by atoms with van der Waals surface area (Å²) in [5.74, 6) is 0.300. The molecule has 1 heterocycles. The third-order valence-corrected chi connectivity index (χ3v) is 5.05. The average Bonchev–Trinajstić information content (AvgIpc) is 2.59. The molecule has 1 aromatic carbocycles. The Morgan fingerprint density at radius 3 is 2.91 bits per heavy atom. The van der Waals surface area contributed by atoms with Gasteiger partial charge in [-0.2, -0.15) is 0 Å². The largest absolute Gasteiger partial charge is 0.355 e. The van der Waals surface area contributed by atoms with Crippen molar-refractivity contribution in [2.75, 3.05) is 26.2 Å². The molecule has 0 spiro atoms. The predicted molar refractivity (Wildman–Crippen MR) is 95.7 cm³/mol. The van der Waals surface area contributed by atoms with Crippen molar-refractivity contribution in [2.45, 2.75) is 38.1 Å². The van der Waals surface area contributed by atoms with Crippen molar-refractivity contribution in [2.24, 2.45) is 11.7 Å². The minimum Gasteiger partial charge on any atom is -0.355 e. The Morgan fingerprint density at radius 2 is 2.09 bits per heavy atom. The number of carbonyl (C=O) groups is 1. The quantitative estimate of drug-likeness (QED) is 0.886. The lowest BCUT2D eigenvalue weighted by molar-refractivity contribution is -0.127. The first kappa shape index (κ1) is 18.2. The summed E-state index contributed by atoms with van der Waals surface area (Å²) in [4.78, 5) is 14.8. The van der Waals surface area contributed by atoms with Crippen LogP contribution in [-0.2, 0) is 11.2 Å². The van der Waals surface area contributed by atoms with E-state index >= 15 is 0 Å². The van der Waals surface area contributed by atoms with E-state index in [1.54, 1.807) is 0 Å². The maximum absolute atomic E-state index is 12.2. The van der Waals surface area contributed by atoms with E-state index in [2.05, 4.69) is 34.5 Å². The molecule has 5 heteroatoms. The molecule has 2 unspecified atom stereocenters. The van der Waals surface area contributed by atoms with Gasteiger partial charge in [-0.05, 0) is 49.8 Å². The van der Waals surface area contributed by atoms with E-state index in [4.69, 9.17) is 5.73 Å². The average molecular weight is 338 g/mol. The fourth-order valence-corrected chi connectivity index (χ4v) is 3.95. The number of hydrogen-bond acceptors (Lipinski definition) is 3. The number of fused-ring (bicyclic) bond motifs is 1. The van der Waals surface area contributed by atoms with Crippen LogP contribution in [0.15, 0.2) is 24.3 Å². The first-order chi connectivity index (χ1) is 10.8. The van der Waals surface area contributed by atoms with Crippen LogP contribution in [0.1, 0.15) is 42.9 Å². The van der Waals surface area contributed by atoms with Gasteiger partial charge in [0.2, 0.25) is 5.91 Å². The topological polar surface area (TPSA) is 58.4 Å². The summed E-state index contributed by atoms with van der Waals surface area (Å²) >= 11 is 0. The molecule has 1 aliphatic heterocycles. The van der Waals surface area contributed by atoms with Gasteiger partial charge in [0, 0.05) is 25.7 Å². The molecule has 1 aromatic rings. The molecular weight excluding hydrogens is 310 g/mol. The molecule has 2 atom stereocenters. The van der Waals surface area contributed by atoms with Gasteiger partial charge in [0.05, 0.1) is 5.92 Å². The van der Waals surface area contributed by atoms with Crippen molar-refractivity contribution >= 4 is 18.3 Å². The second-order valence-electron chi connectivity index (χ2n) is 6.52. The van der Waals surface area contributed by atoms with Gasteiger partial charge >= 0.3 is 0 Å². The van der Waals surface area contributed by atoms with E-state index in [0.717, 1.165) is 25.9 Å². The highest BCUT2D eigenvalue weighted by atomic mass is 35.5. The van der Waals surface area contributed by atoms with Crippen molar-refractivity contribution in [1.29, 1.82) is 0 Å². The van der Waals surface area contributed by atoms with Crippen LogP contribution < -0.4 is 11.1 Å². The lowest BCUT2D eigenvalue weighted by atomic mass is 9.85. The summed E-state index contributed by atoms with van der Waals surface area (Å²) in [6, 6.07) is 9.32. The van der Waals surface area contributed by atoms with Crippen LogP contribution >= 0.6 is 12.4 Å². The molecule has 23 heavy (non-hydrogen) atoms. The van der Waals surface area contributed by atoms with Gasteiger partial charge in [0.1, 0.15) is 0 Å². The number of carbonyl (C=O) groups excluding carboxylic acids is 1. The number of halogens is 1. The molecule has 1 aliphatic carbocycles. The number of nitrogens with two attached hydrogens (primary N) is 1. The summed E-state index contributed by atoms with van der Waals surface area (Å²) in [6.07, 6.45) is 5.78. The van der Waals surface area contributed by atoms with Crippen LogP contribution in [0, 0.1) is 5.92 Å². The summed E-state index contributed by atoms with van der Waals surface area (Å²) in [5, 5.41) is 2.95. The van der Waals surface area contributed by atoms with Crippen molar-refractivity contribution < 1.29 is 4.79 Å². The number of amides is 1. The van der Waals surface area contributed by atoms with Crippen LogP contribution in [0.5, 0.6) is 0 Å². The molecule has 2 aliphatic rings. The number of nitrogens with one attached hydrogen (secondary N) is 1. The number of likely N-dealkylation sites (tertiary alicyclic amines) is 1. The Hall–Kier alpha value is -1.10. The Bertz CT molecular complexity index is 523. The molecule has 3 rings (SSSR count). The molecule has 0 saturated carbocycles. The maximum atomic E-state index is 12.2. The minimum atomic E-state index is 0. The number of hydrogen-bond donors (Lipinski definition) is 2. The Balaban J connectivity index is 0.00000192. The highest BCUT2D eigenvalue weighted by molar-refractivity contribution is 5.85. The molecule has 1 fully saturated rings. The first-order valence-electron chi connectivity index (χ1n) is 8.59. The molecule has 0 bridgehead atoms. The number of rotatable bonds is 4. The summed E-state index contributed by atoms with van der Waals surface area (Å²) in [5.41, 5.74) is 8.46. The molecular formula is C18H28ClN3O. The van der Waals surface area contributed by atoms with Gasteiger partial charge in [-0.15, -0.1) is 12.4 Å². The summed E-state index contributed by atoms with van der Waals surface area (Å²) in [6.45, 7) is 3.09. The van der Waals surface area contributed by atoms with E-state index in [1.165, 1.54) is 30.4 Å². The van der Waals surface area contributed by atoms with Crippen molar-refractivity contribution in [3.63, 3.8) is 0 Å². The van der Waals surface area contributed by atoms with Crippen molar-refractivity contribution in [3.8, 4) is 0 Å². The number of piperidine rings is 1. The van der Waals surface area contributed by atoms with Crippen LogP contribution in [0.3, 0.4) is 0 Å². The van der Waals surface area contributed by atoms with Crippen LogP contribution in [0.25, 0.3) is 0 Å². The Kier molecular flexibility index (Phi) is 6.88. The lowest BCUT2D eigenvalue weighted by Gasteiger charge is -2.40.